The quantitative estimate of drug-likeness (QED) is 0.583. The first-order chi connectivity index (χ1) is 6.62. The Kier molecular flexibility index (Phi) is 2.21. The maximum Gasteiger partial charge on any atom is 0.332 e. The Bertz CT molecular complexity index is 277. The molecule has 2 unspecified atom stereocenters. The number of carbonyl (C=O) groups is 2. The molecule has 4 heteroatoms. The summed E-state index contributed by atoms with van der Waals surface area (Å²) in [7, 11) is 0. The lowest BCUT2D eigenvalue weighted by Gasteiger charge is -2.23. The molecule has 0 aliphatic carbocycles. The zero-order chi connectivity index (χ0) is 10.2. The Labute approximate surface area is 83.0 Å². The van der Waals surface area contributed by atoms with Crippen molar-refractivity contribution in [3.05, 3.63) is 0 Å². The fourth-order valence-corrected chi connectivity index (χ4v) is 2.32. The SMILES string of the molecule is CC1CC2(CCCCC(=O)N2)C(=O)O1. The molecule has 2 rings (SSSR count). The minimum atomic E-state index is -0.701. The Hall–Kier alpha value is -1.06. The van der Waals surface area contributed by atoms with Crippen LogP contribution in [0.1, 0.15) is 39.0 Å². The van der Waals surface area contributed by atoms with Crippen molar-refractivity contribution < 1.29 is 14.3 Å². The van der Waals surface area contributed by atoms with E-state index in [0.717, 1.165) is 19.3 Å². The fourth-order valence-electron chi connectivity index (χ4n) is 2.32. The highest BCUT2D eigenvalue weighted by atomic mass is 16.6. The molecule has 1 spiro atoms. The van der Waals surface area contributed by atoms with Gasteiger partial charge in [-0.05, 0) is 26.2 Å². The van der Waals surface area contributed by atoms with Crippen LogP contribution in [0, 0.1) is 0 Å². The molecule has 1 amide bonds. The van der Waals surface area contributed by atoms with Crippen LogP contribution in [0.5, 0.6) is 0 Å². The van der Waals surface area contributed by atoms with Crippen molar-refractivity contribution in [2.75, 3.05) is 0 Å². The van der Waals surface area contributed by atoms with Crippen molar-refractivity contribution in [1.82, 2.24) is 5.32 Å². The van der Waals surface area contributed by atoms with Crippen LogP contribution in [0.4, 0.5) is 0 Å². The van der Waals surface area contributed by atoms with E-state index in [1.54, 1.807) is 0 Å². The van der Waals surface area contributed by atoms with Gasteiger partial charge in [0.15, 0.2) is 0 Å². The van der Waals surface area contributed by atoms with Gasteiger partial charge in [0.25, 0.3) is 0 Å². The number of cyclic esters (lactones) is 1. The summed E-state index contributed by atoms with van der Waals surface area (Å²) in [4.78, 5) is 23.0. The summed E-state index contributed by atoms with van der Waals surface area (Å²) < 4.78 is 5.10. The number of hydrogen-bond donors (Lipinski definition) is 1. The van der Waals surface area contributed by atoms with Gasteiger partial charge in [0.05, 0.1) is 0 Å². The number of rotatable bonds is 0. The van der Waals surface area contributed by atoms with Gasteiger partial charge in [0.1, 0.15) is 11.6 Å². The van der Waals surface area contributed by atoms with Crippen molar-refractivity contribution in [2.45, 2.75) is 50.7 Å². The maximum atomic E-state index is 11.6. The lowest BCUT2D eigenvalue weighted by Crippen LogP contribution is -2.50. The molecule has 1 N–H and O–H groups in total. The van der Waals surface area contributed by atoms with Gasteiger partial charge in [0.2, 0.25) is 5.91 Å². The number of amides is 1. The summed E-state index contributed by atoms with van der Waals surface area (Å²) in [5.74, 6) is -0.270. The van der Waals surface area contributed by atoms with Gasteiger partial charge in [-0.15, -0.1) is 0 Å². The van der Waals surface area contributed by atoms with E-state index < -0.39 is 5.54 Å². The fraction of sp³-hybridized carbons (Fsp3) is 0.800. The molecule has 0 saturated carbocycles. The number of carbonyl (C=O) groups excluding carboxylic acids is 2. The van der Waals surface area contributed by atoms with Crippen LogP contribution >= 0.6 is 0 Å². The van der Waals surface area contributed by atoms with E-state index in [2.05, 4.69) is 5.32 Å². The predicted octanol–water partition coefficient (Wildman–Crippen LogP) is 0.751. The molecule has 2 aliphatic heterocycles. The van der Waals surface area contributed by atoms with E-state index in [1.165, 1.54) is 0 Å². The lowest BCUT2D eigenvalue weighted by atomic mass is 9.90. The van der Waals surface area contributed by atoms with Crippen LogP contribution in [-0.2, 0) is 14.3 Å². The summed E-state index contributed by atoms with van der Waals surface area (Å²) in [6.07, 6.45) is 3.60. The molecule has 2 saturated heterocycles. The average molecular weight is 197 g/mol. The highest BCUT2D eigenvalue weighted by molar-refractivity contribution is 5.89. The Morgan fingerprint density at radius 1 is 1.43 bits per heavy atom. The van der Waals surface area contributed by atoms with E-state index in [1.807, 2.05) is 6.92 Å². The molecule has 2 aliphatic rings. The first kappa shape index (κ1) is 9.49. The van der Waals surface area contributed by atoms with Crippen molar-refractivity contribution >= 4 is 11.9 Å². The minimum Gasteiger partial charge on any atom is -0.461 e. The number of esters is 1. The van der Waals surface area contributed by atoms with Crippen molar-refractivity contribution in [1.29, 1.82) is 0 Å². The zero-order valence-corrected chi connectivity index (χ0v) is 8.34. The maximum absolute atomic E-state index is 11.6. The summed E-state index contributed by atoms with van der Waals surface area (Å²) in [6, 6.07) is 0. The number of nitrogens with one attached hydrogen (secondary N) is 1. The van der Waals surface area contributed by atoms with Gasteiger partial charge >= 0.3 is 5.97 Å². The van der Waals surface area contributed by atoms with Crippen LogP contribution in [0.15, 0.2) is 0 Å². The summed E-state index contributed by atoms with van der Waals surface area (Å²) in [5, 5.41) is 2.82. The molecule has 2 atom stereocenters. The first-order valence-corrected chi connectivity index (χ1v) is 5.14. The smallest absolute Gasteiger partial charge is 0.332 e. The molecular weight excluding hydrogens is 182 g/mol. The van der Waals surface area contributed by atoms with Gasteiger partial charge < -0.3 is 10.1 Å². The third-order valence-electron chi connectivity index (χ3n) is 2.97. The molecule has 14 heavy (non-hydrogen) atoms. The summed E-state index contributed by atoms with van der Waals surface area (Å²) in [5.41, 5.74) is -0.701. The van der Waals surface area contributed by atoms with Crippen molar-refractivity contribution in [3.8, 4) is 0 Å². The van der Waals surface area contributed by atoms with E-state index in [4.69, 9.17) is 4.74 Å². The van der Waals surface area contributed by atoms with Gasteiger partial charge in [-0.25, -0.2) is 4.79 Å². The topological polar surface area (TPSA) is 55.4 Å². The second-order valence-electron chi connectivity index (χ2n) is 4.26. The zero-order valence-electron chi connectivity index (χ0n) is 8.34. The van der Waals surface area contributed by atoms with E-state index in [0.29, 0.717) is 12.8 Å². The van der Waals surface area contributed by atoms with Crippen molar-refractivity contribution in [3.63, 3.8) is 0 Å². The molecule has 0 radical (unpaired) electrons. The Morgan fingerprint density at radius 3 is 2.86 bits per heavy atom. The monoisotopic (exact) mass is 197 g/mol. The van der Waals surface area contributed by atoms with Crippen molar-refractivity contribution in [2.24, 2.45) is 0 Å². The standard InChI is InChI=1S/C10H15NO3/c1-7-6-10(9(13)14-7)5-3-2-4-8(12)11-10/h7H,2-6H2,1H3,(H,11,12). The molecule has 4 nitrogen and oxygen atoms in total. The molecular formula is C10H15NO3. The molecule has 0 aromatic heterocycles. The second kappa shape index (κ2) is 3.26. The van der Waals surface area contributed by atoms with Gasteiger partial charge in [-0.1, -0.05) is 0 Å². The first-order valence-electron chi connectivity index (χ1n) is 5.14. The molecule has 78 valence electrons. The molecule has 0 aromatic carbocycles. The van der Waals surface area contributed by atoms with Crippen LogP contribution in [0.25, 0.3) is 0 Å². The van der Waals surface area contributed by atoms with Crippen LogP contribution in [0.3, 0.4) is 0 Å². The van der Waals surface area contributed by atoms with Crippen LogP contribution in [0.2, 0.25) is 0 Å². The van der Waals surface area contributed by atoms with E-state index in [-0.39, 0.29) is 18.0 Å². The molecule has 0 bridgehead atoms. The predicted molar refractivity (Wildman–Crippen MR) is 49.5 cm³/mol. The highest BCUT2D eigenvalue weighted by Gasteiger charge is 2.48. The summed E-state index contributed by atoms with van der Waals surface area (Å²) >= 11 is 0. The number of ether oxygens (including phenoxy) is 1. The Balaban J connectivity index is 2.20. The highest BCUT2D eigenvalue weighted by Crippen LogP contribution is 2.32. The normalized spacial score (nSPS) is 37.9. The second-order valence-corrected chi connectivity index (χ2v) is 4.26. The molecule has 2 fully saturated rings. The van der Waals surface area contributed by atoms with Crippen LogP contribution in [-0.4, -0.2) is 23.5 Å². The van der Waals surface area contributed by atoms with E-state index >= 15 is 0 Å². The number of hydrogen-bond acceptors (Lipinski definition) is 3. The van der Waals surface area contributed by atoms with Gasteiger partial charge in [-0.2, -0.15) is 0 Å². The third kappa shape index (κ3) is 1.49. The van der Waals surface area contributed by atoms with Gasteiger partial charge in [-0.3, -0.25) is 4.79 Å². The third-order valence-corrected chi connectivity index (χ3v) is 2.97. The molecule has 2 heterocycles. The van der Waals surface area contributed by atoms with Crippen LogP contribution < -0.4 is 5.32 Å². The van der Waals surface area contributed by atoms with E-state index in [9.17, 15) is 9.59 Å². The summed E-state index contributed by atoms with van der Waals surface area (Å²) in [6.45, 7) is 1.86. The van der Waals surface area contributed by atoms with Gasteiger partial charge in [0, 0.05) is 12.8 Å². The molecule has 0 aromatic rings. The largest absolute Gasteiger partial charge is 0.461 e. The minimum absolute atomic E-state index is 0.0199. The Morgan fingerprint density at radius 2 is 2.21 bits per heavy atom. The lowest BCUT2D eigenvalue weighted by molar-refractivity contribution is -0.147. The average Bonchev–Trinajstić information content (AvgIpc) is 2.30.